The third-order valence-corrected chi connectivity index (χ3v) is 4.99. The number of carboxylic acids is 1. The maximum Gasteiger partial charge on any atom is 0.321 e. The molecule has 0 bridgehead atoms. The molecule has 1 heterocycles. The summed E-state index contributed by atoms with van der Waals surface area (Å²) in [4.78, 5) is 10.5. The van der Waals surface area contributed by atoms with Crippen LogP contribution in [0.2, 0.25) is 0 Å². The molecule has 1 atom stereocenters. The first-order valence-electron chi connectivity index (χ1n) is 4.14. The quantitative estimate of drug-likeness (QED) is 0.827. The summed E-state index contributed by atoms with van der Waals surface area (Å²) in [5, 5.41) is 10.2. The topological polar surface area (TPSA) is 83.5 Å². The predicted octanol–water partition coefficient (Wildman–Crippen LogP) is 0.808. The second-order valence-corrected chi connectivity index (χ2v) is 5.90. The molecule has 1 rings (SSSR count). The van der Waals surface area contributed by atoms with Gasteiger partial charge in [0, 0.05) is 0 Å². The number of thiophene rings is 1. The van der Waals surface area contributed by atoms with Gasteiger partial charge in [-0.05, 0) is 30.9 Å². The zero-order valence-electron chi connectivity index (χ0n) is 8.22. The van der Waals surface area contributed by atoms with Crippen molar-refractivity contribution in [2.45, 2.75) is 24.1 Å². The van der Waals surface area contributed by atoms with Gasteiger partial charge in [-0.2, -0.15) is 4.72 Å². The molecule has 1 aromatic heterocycles. The predicted molar refractivity (Wildman–Crippen MR) is 56.5 cm³/mol. The summed E-state index contributed by atoms with van der Waals surface area (Å²) in [5.41, 5.74) is 0.616. The molecule has 0 aliphatic heterocycles. The van der Waals surface area contributed by atoms with Crippen LogP contribution in [-0.2, 0) is 14.8 Å². The number of carbonyl (C=O) groups is 1. The monoisotopic (exact) mass is 249 g/mol. The Morgan fingerprint density at radius 2 is 2.20 bits per heavy atom. The highest BCUT2D eigenvalue weighted by Crippen LogP contribution is 2.21. The molecule has 15 heavy (non-hydrogen) atoms. The summed E-state index contributed by atoms with van der Waals surface area (Å²) in [6.45, 7) is 2.94. The van der Waals surface area contributed by atoms with Gasteiger partial charge in [-0.1, -0.05) is 0 Å². The minimum absolute atomic E-state index is 0.163. The Hall–Kier alpha value is -0.920. The average Bonchev–Trinajstić information content (AvgIpc) is 2.50. The molecule has 2 N–H and O–H groups in total. The third kappa shape index (κ3) is 2.77. The van der Waals surface area contributed by atoms with Crippen molar-refractivity contribution in [1.82, 2.24) is 4.72 Å². The van der Waals surface area contributed by atoms with Crippen molar-refractivity contribution in [2.24, 2.45) is 0 Å². The molecule has 0 saturated carbocycles. The lowest BCUT2D eigenvalue weighted by molar-refractivity contribution is -0.138. The molecule has 0 amide bonds. The summed E-state index contributed by atoms with van der Waals surface area (Å²) < 4.78 is 25.6. The fraction of sp³-hybridized carbons (Fsp3) is 0.375. The van der Waals surface area contributed by atoms with Crippen molar-refractivity contribution in [2.75, 3.05) is 0 Å². The van der Waals surface area contributed by atoms with E-state index in [1.807, 2.05) is 0 Å². The van der Waals surface area contributed by atoms with Gasteiger partial charge < -0.3 is 5.11 Å². The molecule has 0 aliphatic carbocycles. The van der Waals surface area contributed by atoms with E-state index in [-0.39, 0.29) is 4.21 Å². The number of aryl methyl sites for hydroxylation is 1. The van der Waals surface area contributed by atoms with Gasteiger partial charge >= 0.3 is 5.97 Å². The SMILES string of the molecule is Cc1ccsc1S(=O)(=O)N[C@H](C)C(=O)O. The molecular weight excluding hydrogens is 238 g/mol. The van der Waals surface area contributed by atoms with Crippen LogP contribution in [-0.4, -0.2) is 25.5 Å². The lowest BCUT2D eigenvalue weighted by Crippen LogP contribution is -2.38. The van der Waals surface area contributed by atoms with Gasteiger partial charge in [0.15, 0.2) is 0 Å². The molecule has 0 unspecified atom stereocenters. The van der Waals surface area contributed by atoms with Crippen LogP contribution in [0.1, 0.15) is 12.5 Å². The fourth-order valence-corrected chi connectivity index (χ4v) is 3.60. The van der Waals surface area contributed by atoms with Crippen LogP contribution in [0.5, 0.6) is 0 Å². The Kier molecular flexibility index (Phi) is 3.48. The summed E-state index contributed by atoms with van der Waals surface area (Å²) in [6.07, 6.45) is 0. The van der Waals surface area contributed by atoms with Gasteiger partial charge in [-0.15, -0.1) is 11.3 Å². The molecule has 5 nitrogen and oxygen atoms in total. The Balaban J connectivity index is 2.96. The van der Waals surface area contributed by atoms with Crippen LogP contribution in [0.3, 0.4) is 0 Å². The van der Waals surface area contributed by atoms with Gasteiger partial charge in [0.05, 0.1) is 0 Å². The first kappa shape index (κ1) is 12.2. The van der Waals surface area contributed by atoms with E-state index in [4.69, 9.17) is 5.11 Å². The maximum atomic E-state index is 11.7. The molecule has 7 heteroatoms. The zero-order valence-corrected chi connectivity index (χ0v) is 9.85. The van der Waals surface area contributed by atoms with Crippen molar-refractivity contribution in [3.8, 4) is 0 Å². The number of carboxylic acid groups (broad SMARTS) is 1. The first-order valence-corrected chi connectivity index (χ1v) is 6.50. The van der Waals surface area contributed by atoms with Crippen LogP contribution in [0, 0.1) is 6.92 Å². The summed E-state index contributed by atoms with van der Waals surface area (Å²) >= 11 is 1.07. The number of hydrogen-bond acceptors (Lipinski definition) is 4. The Bertz CT molecular complexity index is 463. The van der Waals surface area contributed by atoms with Gasteiger partial charge in [-0.3, -0.25) is 4.79 Å². The van der Waals surface area contributed by atoms with Crippen LogP contribution in [0.15, 0.2) is 15.7 Å². The van der Waals surface area contributed by atoms with E-state index >= 15 is 0 Å². The van der Waals surface area contributed by atoms with E-state index in [2.05, 4.69) is 4.72 Å². The van der Waals surface area contributed by atoms with Gasteiger partial charge in [0.25, 0.3) is 10.0 Å². The summed E-state index contributed by atoms with van der Waals surface area (Å²) in [6, 6.07) is 0.543. The van der Waals surface area contributed by atoms with Crippen molar-refractivity contribution < 1.29 is 18.3 Å². The molecule has 0 fully saturated rings. The van der Waals surface area contributed by atoms with Gasteiger partial charge in [-0.25, -0.2) is 8.42 Å². The molecule has 0 aromatic carbocycles. The Morgan fingerprint density at radius 3 is 2.60 bits per heavy atom. The molecule has 0 saturated heterocycles. The maximum absolute atomic E-state index is 11.7. The lowest BCUT2D eigenvalue weighted by Gasteiger charge is -2.09. The fourth-order valence-electron chi connectivity index (χ4n) is 0.971. The molecule has 0 radical (unpaired) electrons. The number of hydrogen-bond donors (Lipinski definition) is 2. The summed E-state index contributed by atoms with van der Waals surface area (Å²) in [5.74, 6) is -1.20. The number of aliphatic carboxylic acids is 1. The van der Waals surface area contributed by atoms with E-state index in [0.717, 1.165) is 11.3 Å². The zero-order chi connectivity index (χ0) is 11.6. The third-order valence-electron chi connectivity index (χ3n) is 1.76. The van der Waals surface area contributed by atoms with Crippen LogP contribution in [0.4, 0.5) is 0 Å². The highest BCUT2D eigenvalue weighted by Gasteiger charge is 2.23. The largest absolute Gasteiger partial charge is 0.480 e. The minimum atomic E-state index is -3.70. The van der Waals surface area contributed by atoms with E-state index in [0.29, 0.717) is 5.56 Å². The average molecular weight is 249 g/mol. The normalized spacial score (nSPS) is 13.7. The van der Waals surface area contributed by atoms with Crippen LogP contribution < -0.4 is 4.72 Å². The second-order valence-electron chi connectivity index (χ2n) is 3.07. The van der Waals surface area contributed by atoms with Gasteiger partial charge in [0.1, 0.15) is 10.3 Å². The number of sulfonamides is 1. The smallest absolute Gasteiger partial charge is 0.321 e. The molecule has 0 aliphatic rings. The van der Waals surface area contributed by atoms with Crippen molar-refractivity contribution in [1.29, 1.82) is 0 Å². The highest BCUT2D eigenvalue weighted by atomic mass is 32.2. The number of nitrogens with one attached hydrogen (secondary N) is 1. The highest BCUT2D eigenvalue weighted by molar-refractivity contribution is 7.91. The van der Waals surface area contributed by atoms with Crippen LogP contribution >= 0.6 is 11.3 Å². The standard InChI is InChI=1S/C8H11NO4S2/c1-5-3-4-14-8(5)15(12,13)9-6(2)7(10)11/h3-4,6,9H,1-2H3,(H,10,11)/t6-/m1/s1. The van der Waals surface area contributed by atoms with Crippen molar-refractivity contribution in [3.63, 3.8) is 0 Å². The Labute approximate surface area is 91.8 Å². The summed E-state index contributed by atoms with van der Waals surface area (Å²) in [7, 11) is -3.70. The van der Waals surface area contributed by atoms with E-state index in [1.54, 1.807) is 18.4 Å². The number of rotatable bonds is 4. The minimum Gasteiger partial charge on any atom is -0.480 e. The van der Waals surface area contributed by atoms with E-state index in [9.17, 15) is 13.2 Å². The molecular formula is C8H11NO4S2. The van der Waals surface area contributed by atoms with Gasteiger partial charge in [0.2, 0.25) is 0 Å². The van der Waals surface area contributed by atoms with Crippen LogP contribution in [0.25, 0.3) is 0 Å². The first-order chi connectivity index (χ1) is 6.84. The molecule has 1 aromatic rings. The van der Waals surface area contributed by atoms with E-state index < -0.39 is 22.0 Å². The lowest BCUT2D eigenvalue weighted by atomic mass is 10.4. The molecule has 84 valence electrons. The van der Waals surface area contributed by atoms with Crippen molar-refractivity contribution in [3.05, 3.63) is 17.0 Å². The molecule has 0 spiro atoms. The van der Waals surface area contributed by atoms with Crippen molar-refractivity contribution >= 4 is 27.3 Å². The van der Waals surface area contributed by atoms with E-state index in [1.165, 1.54) is 6.92 Å². The second kappa shape index (κ2) is 4.30. The Morgan fingerprint density at radius 1 is 1.60 bits per heavy atom.